The Morgan fingerprint density at radius 1 is 1.11 bits per heavy atom. The van der Waals surface area contributed by atoms with Gasteiger partial charge in [0.25, 0.3) is 5.91 Å². The molecule has 0 unspecified atom stereocenters. The van der Waals surface area contributed by atoms with Crippen LogP contribution in [-0.2, 0) is 6.42 Å². The summed E-state index contributed by atoms with van der Waals surface area (Å²) in [6, 6.07) is 9.47. The fraction of sp³-hybridized carbons (Fsp3) is 0.300. The first kappa shape index (κ1) is 17.8. The third-order valence-corrected chi connectivity index (χ3v) is 5.81. The van der Waals surface area contributed by atoms with Gasteiger partial charge in [0, 0.05) is 43.8 Å². The number of nitrogens with zero attached hydrogens (tertiary/aromatic N) is 4. The second kappa shape index (κ2) is 7.54. The third-order valence-electron chi connectivity index (χ3n) is 4.93. The molecule has 1 saturated heterocycles. The molecule has 138 valence electrons. The Kier molecular flexibility index (Phi) is 4.96. The highest BCUT2D eigenvalue weighted by Crippen LogP contribution is 2.31. The Morgan fingerprint density at radius 2 is 1.89 bits per heavy atom. The summed E-state index contributed by atoms with van der Waals surface area (Å²) < 4.78 is 0. The lowest BCUT2D eigenvalue weighted by molar-refractivity contribution is -0.0169. The number of carbonyl (C=O) groups excluding carboxylic acids is 1. The zero-order valence-corrected chi connectivity index (χ0v) is 15.6. The highest BCUT2D eigenvalue weighted by atomic mass is 32.1. The van der Waals surface area contributed by atoms with Gasteiger partial charge in [-0.1, -0.05) is 6.07 Å². The first-order valence-corrected chi connectivity index (χ1v) is 9.78. The number of thiazole rings is 1. The average Bonchev–Trinajstić information content (AvgIpc) is 3.19. The maximum Gasteiger partial charge on any atom is 0.273 e. The topological polar surface area (TPSA) is 79.2 Å². The molecule has 0 aliphatic carbocycles. The molecule has 27 heavy (non-hydrogen) atoms. The fourth-order valence-corrected chi connectivity index (χ4v) is 4.19. The quantitative estimate of drug-likeness (QED) is 0.753. The summed E-state index contributed by atoms with van der Waals surface area (Å²) in [4.78, 5) is 28.3. The van der Waals surface area contributed by atoms with Crippen LogP contribution in [0.1, 0.15) is 29.0 Å². The second-order valence-electron chi connectivity index (χ2n) is 6.78. The SMILES string of the molecule is O=C(c1ncsc1-c1ccncc1)N1CCC(O)(Cc2ccccn2)CC1. The number of rotatable bonds is 4. The zero-order valence-electron chi connectivity index (χ0n) is 14.8. The van der Waals surface area contributed by atoms with Crippen LogP contribution in [-0.4, -0.2) is 49.6 Å². The van der Waals surface area contributed by atoms with Crippen molar-refractivity contribution in [1.29, 1.82) is 0 Å². The fourth-order valence-electron chi connectivity index (χ4n) is 3.40. The number of carbonyl (C=O) groups is 1. The maximum atomic E-state index is 13.0. The van der Waals surface area contributed by atoms with E-state index in [1.807, 2.05) is 30.3 Å². The summed E-state index contributed by atoms with van der Waals surface area (Å²) in [6.45, 7) is 1.02. The van der Waals surface area contributed by atoms with Crippen LogP contribution in [0.5, 0.6) is 0 Å². The predicted octanol–water partition coefficient (Wildman–Crippen LogP) is 2.81. The molecule has 0 saturated carbocycles. The number of amides is 1. The highest BCUT2D eigenvalue weighted by molar-refractivity contribution is 7.13. The van der Waals surface area contributed by atoms with Gasteiger partial charge in [-0.15, -0.1) is 11.3 Å². The van der Waals surface area contributed by atoms with Gasteiger partial charge in [-0.2, -0.15) is 0 Å². The number of hydrogen-bond donors (Lipinski definition) is 1. The Hall–Kier alpha value is -2.64. The van der Waals surface area contributed by atoms with Gasteiger partial charge < -0.3 is 10.0 Å². The minimum absolute atomic E-state index is 0.0806. The van der Waals surface area contributed by atoms with E-state index in [-0.39, 0.29) is 5.91 Å². The standard InChI is InChI=1S/C20H20N4O2S/c25-19(17-18(27-14-23-17)15-4-9-21-10-5-15)24-11-6-20(26,7-12-24)13-16-3-1-2-8-22-16/h1-5,8-10,14,26H,6-7,11-13H2. The largest absolute Gasteiger partial charge is 0.389 e. The number of pyridine rings is 2. The smallest absolute Gasteiger partial charge is 0.273 e. The summed E-state index contributed by atoms with van der Waals surface area (Å²) in [7, 11) is 0. The van der Waals surface area contributed by atoms with Crippen molar-refractivity contribution in [2.45, 2.75) is 24.9 Å². The van der Waals surface area contributed by atoms with Crippen LogP contribution in [0.2, 0.25) is 0 Å². The predicted molar refractivity (Wildman–Crippen MR) is 103 cm³/mol. The summed E-state index contributed by atoms with van der Waals surface area (Å²) in [5.74, 6) is -0.0806. The molecule has 4 rings (SSSR count). The first-order valence-electron chi connectivity index (χ1n) is 8.90. The molecule has 1 aliphatic heterocycles. The van der Waals surface area contributed by atoms with Gasteiger partial charge in [0.15, 0.2) is 0 Å². The van der Waals surface area contributed by atoms with E-state index in [0.29, 0.717) is 38.0 Å². The van der Waals surface area contributed by atoms with E-state index in [4.69, 9.17) is 0 Å². The number of likely N-dealkylation sites (tertiary alicyclic amines) is 1. The van der Waals surface area contributed by atoms with E-state index in [9.17, 15) is 9.90 Å². The lowest BCUT2D eigenvalue weighted by Gasteiger charge is -2.38. The molecule has 1 fully saturated rings. The van der Waals surface area contributed by atoms with E-state index in [2.05, 4.69) is 15.0 Å². The van der Waals surface area contributed by atoms with Crippen molar-refractivity contribution in [2.24, 2.45) is 0 Å². The Balaban J connectivity index is 1.45. The van der Waals surface area contributed by atoms with Crippen molar-refractivity contribution in [3.05, 3.63) is 65.8 Å². The third kappa shape index (κ3) is 3.89. The Labute approximate surface area is 161 Å². The van der Waals surface area contributed by atoms with Crippen LogP contribution in [0.3, 0.4) is 0 Å². The number of piperidine rings is 1. The molecule has 3 aromatic heterocycles. The molecule has 6 nitrogen and oxygen atoms in total. The molecular formula is C20H20N4O2S. The number of aromatic nitrogens is 3. The summed E-state index contributed by atoms with van der Waals surface area (Å²) in [5.41, 5.74) is 3.17. The molecule has 0 radical (unpaired) electrons. The van der Waals surface area contributed by atoms with Gasteiger partial charge in [-0.3, -0.25) is 14.8 Å². The van der Waals surface area contributed by atoms with Crippen molar-refractivity contribution >= 4 is 17.2 Å². The molecule has 1 N–H and O–H groups in total. The number of aliphatic hydroxyl groups is 1. The van der Waals surface area contributed by atoms with Crippen molar-refractivity contribution in [3.8, 4) is 10.4 Å². The van der Waals surface area contributed by atoms with Gasteiger partial charge in [0.2, 0.25) is 0 Å². The maximum absolute atomic E-state index is 13.0. The van der Waals surface area contributed by atoms with E-state index < -0.39 is 5.60 Å². The van der Waals surface area contributed by atoms with E-state index >= 15 is 0 Å². The van der Waals surface area contributed by atoms with Crippen LogP contribution in [0.25, 0.3) is 10.4 Å². The van der Waals surface area contributed by atoms with Crippen molar-refractivity contribution in [3.63, 3.8) is 0 Å². The molecule has 0 aromatic carbocycles. The van der Waals surface area contributed by atoms with Gasteiger partial charge in [-0.25, -0.2) is 4.98 Å². The molecule has 1 amide bonds. The molecule has 1 aliphatic rings. The molecule has 3 aromatic rings. The summed E-state index contributed by atoms with van der Waals surface area (Å²) in [5, 5.41) is 10.9. The van der Waals surface area contributed by atoms with Crippen LogP contribution >= 0.6 is 11.3 Å². The van der Waals surface area contributed by atoms with Crippen molar-refractivity contribution < 1.29 is 9.90 Å². The van der Waals surface area contributed by atoms with Crippen LogP contribution < -0.4 is 0 Å². The van der Waals surface area contributed by atoms with E-state index in [0.717, 1.165) is 16.1 Å². The molecule has 4 heterocycles. The van der Waals surface area contributed by atoms with E-state index in [1.165, 1.54) is 11.3 Å². The molecule has 0 atom stereocenters. The number of hydrogen-bond acceptors (Lipinski definition) is 6. The van der Waals surface area contributed by atoms with E-state index in [1.54, 1.807) is 29.0 Å². The molecule has 0 spiro atoms. The summed E-state index contributed by atoms with van der Waals surface area (Å²) in [6.07, 6.45) is 6.73. The Morgan fingerprint density at radius 3 is 2.59 bits per heavy atom. The molecular weight excluding hydrogens is 360 g/mol. The normalized spacial score (nSPS) is 16.3. The van der Waals surface area contributed by atoms with Crippen LogP contribution in [0.4, 0.5) is 0 Å². The minimum Gasteiger partial charge on any atom is -0.389 e. The van der Waals surface area contributed by atoms with Gasteiger partial charge in [0.05, 0.1) is 16.0 Å². The minimum atomic E-state index is -0.818. The lowest BCUT2D eigenvalue weighted by atomic mass is 9.86. The first-order chi connectivity index (χ1) is 13.1. The van der Waals surface area contributed by atoms with Gasteiger partial charge in [-0.05, 0) is 42.7 Å². The van der Waals surface area contributed by atoms with Crippen molar-refractivity contribution in [2.75, 3.05) is 13.1 Å². The second-order valence-corrected chi connectivity index (χ2v) is 7.64. The molecule has 7 heteroatoms. The average molecular weight is 380 g/mol. The molecule has 0 bridgehead atoms. The van der Waals surface area contributed by atoms with Gasteiger partial charge >= 0.3 is 0 Å². The zero-order chi connectivity index (χ0) is 18.7. The van der Waals surface area contributed by atoms with Gasteiger partial charge in [0.1, 0.15) is 5.69 Å². The Bertz CT molecular complexity index is 906. The summed E-state index contributed by atoms with van der Waals surface area (Å²) >= 11 is 1.45. The lowest BCUT2D eigenvalue weighted by Crippen LogP contribution is -2.48. The highest BCUT2D eigenvalue weighted by Gasteiger charge is 2.35. The monoisotopic (exact) mass is 380 g/mol. The van der Waals surface area contributed by atoms with Crippen LogP contribution in [0.15, 0.2) is 54.4 Å². The van der Waals surface area contributed by atoms with Crippen LogP contribution in [0, 0.1) is 0 Å². The van der Waals surface area contributed by atoms with Crippen molar-refractivity contribution in [1.82, 2.24) is 19.9 Å².